The van der Waals surface area contributed by atoms with Gasteiger partial charge in [-0.05, 0) is 19.3 Å². The maximum atomic E-state index is 11.8. The van der Waals surface area contributed by atoms with Gasteiger partial charge in [0.25, 0.3) is 0 Å². The van der Waals surface area contributed by atoms with Crippen LogP contribution >= 0.6 is 0 Å². The van der Waals surface area contributed by atoms with Gasteiger partial charge in [0.1, 0.15) is 0 Å². The van der Waals surface area contributed by atoms with E-state index in [-0.39, 0.29) is 6.67 Å². The van der Waals surface area contributed by atoms with E-state index in [1.807, 2.05) is 0 Å². The topological polar surface area (TPSA) is 37.3 Å². The van der Waals surface area contributed by atoms with E-state index in [1.54, 1.807) is 0 Å². The number of halogens is 1. The lowest BCUT2D eigenvalue weighted by Crippen LogP contribution is -1.98. The molecule has 0 aromatic heterocycles. The minimum absolute atomic E-state index is 0.187. The molecule has 2 nitrogen and oxygen atoms in total. The minimum Gasteiger partial charge on any atom is -0.478 e. The van der Waals surface area contributed by atoms with Crippen LogP contribution in [0.15, 0.2) is 12.2 Å². The molecule has 0 saturated heterocycles. The number of rotatable bonds is 12. The molecule has 0 unspecified atom stereocenters. The maximum Gasteiger partial charge on any atom is 0.330 e. The fourth-order valence-corrected chi connectivity index (χ4v) is 1.78. The third kappa shape index (κ3) is 11.4. The molecule has 0 saturated carbocycles. The van der Waals surface area contributed by atoms with Crippen LogP contribution in [-0.4, -0.2) is 17.8 Å². The van der Waals surface area contributed by atoms with Crippen molar-refractivity contribution in [2.45, 2.75) is 64.2 Å². The van der Waals surface area contributed by atoms with Crippen LogP contribution in [-0.2, 0) is 4.79 Å². The van der Waals surface area contributed by atoms with Gasteiger partial charge in [-0.1, -0.05) is 51.5 Å². The number of aliphatic carboxylic acids is 1. The molecule has 0 heterocycles. The smallest absolute Gasteiger partial charge is 0.330 e. The first-order valence-corrected chi connectivity index (χ1v) is 6.65. The zero-order valence-electron chi connectivity index (χ0n) is 10.7. The van der Waals surface area contributed by atoms with Crippen LogP contribution in [0.2, 0.25) is 0 Å². The van der Waals surface area contributed by atoms with Crippen molar-refractivity contribution >= 4 is 5.97 Å². The molecule has 3 heteroatoms. The molecule has 100 valence electrons. The molecular weight excluding hydrogens is 219 g/mol. The lowest BCUT2D eigenvalue weighted by molar-refractivity contribution is -0.132. The molecule has 0 rings (SSSR count). The van der Waals surface area contributed by atoms with Crippen LogP contribution in [0.3, 0.4) is 0 Å². The summed E-state index contributed by atoms with van der Waals surface area (Å²) in [5.41, 5.74) is 0.316. The third-order valence-corrected chi connectivity index (χ3v) is 2.91. The number of hydrogen-bond donors (Lipinski definition) is 1. The second-order valence-corrected chi connectivity index (χ2v) is 4.53. The fraction of sp³-hybridized carbons (Fsp3) is 0.786. The summed E-state index contributed by atoms with van der Waals surface area (Å²) in [6.07, 6.45) is 10.2. The summed E-state index contributed by atoms with van der Waals surface area (Å²) in [5.74, 6) is -0.877. The number of alkyl halides is 1. The fourth-order valence-electron chi connectivity index (χ4n) is 1.78. The highest BCUT2D eigenvalue weighted by molar-refractivity contribution is 5.85. The Morgan fingerprint density at radius 3 is 1.71 bits per heavy atom. The molecule has 0 spiro atoms. The van der Waals surface area contributed by atoms with Crippen LogP contribution in [0.4, 0.5) is 4.39 Å². The maximum absolute atomic E-state index is 11.8. The Bertz CT molecular complexity index is 214. The lowest BCUT2D eigenvalue weighted by Gasteiger charge is -2.02. The molecule has 0 atom stereocenters. The molecule has 0 radical (unpaired) electrons. The second kappa shape index (κ2) is 11.6. The van der Waals surface area contributed by atoms with E-state index in [1.165, 1.54) is 19.3 Å². The van der Waals surface area contributed by atoms with Crippen LogP contribution < -0.4 is 0 Å². The first kappa shape index (κ1) is 16.1. The molecule has 17 heavy (non-hydrogen) atoms. The molecule has 0 aromatic carbocycles. The van der Waals surface area contributed by atoms with Gasteiger partial charge >= 0.3 is 5.97 Å². The second-order valence-electron chi connectivity index (χ2n) is 4.53. The highest BCUT2D eigenvalue weighted by atomic mass is 19.1. The highest BCUT2D eigenvalue weighted by Crippen LogP contribution is 2.12. The quantitative estimate of drug-likeness (QED) is 0.405. The van der Waals surface area contributed by atoms with Gasteiger partial charge < -0.3 is 5.11 Å². The summed E-state index contributed by atoms with van der Waals surface area (Å²) in [6, 6.07) is 0. The zero-order chi connectivity index (χ0) is 12.9. The first-order chi connectivity index (χ1) is 8.18. The number of hydrogen-bond acceptors (Lipinski definition) is 1. The summed E-state index contributed by atoms with van der Waals surface area (Å²) >= 11 is 0. The normalized spacial score (nSPS) is 10.4. The summed E-state index contributed by atoms with van der Waals surface area (Å²) in [6.45, 7) is 3.31. The van der Waals surface area contributed by atoms with Crippen molar-refractivity contribution in [3.63, 3.8) is 0 Å². The van der Waals surface area contributed by atoms with Crippen molar-refractivity contribution in [2.24, 2.45) is 0 Å². The largest absolute Gasteiger partial charge is 0.478 e. The molecule has 0 bridgehead atoms. The zero-order valence-corrected chi connectivity index (χ0v) is 10.7. The summed E-state index contributed by atoms with van der Waals surface area (Å²) < 4.78 is 11.8. The summed E-state index contributed by atoms with van der Waals surface area (Å²) in [7, 11) is 0. The van der Waals surface area contributed by atoms with Crippen molar-refractivity contribution in [1.29, 1.82) is 0 Å². The van der Waals surface area contributed by atoms with Gasteiger partial charge in [0, 0.05) is 5.57 Å². The van der Waals surface area contributed by atoms with Gasteiger partial charge in [-0.3, -0.25) is 4.39 Å². The van der Waals surface area contributed by atoms with Crippen molar-refractivity contribution in [3.05, 3.63) is 12.2 Å². The van der Waals surface area contributed by atoms with Crippen LogP contribution in [0.5, 0.6) is 0 Å². The van der Waals surface area contributed by atoms with E-state index in [4.69, 9.17) is 5.11 Å². The van der Waals surface area contributed by atoms with Crippen LogP contribution in [0, 0.1) is 0 Å². The average Bonchev–Trinajstić information content (AvgIpc) is 2.31. The Morgan fingerprint density at radius 2 is 1.29 bits per heavy atom. The van der Waals surface area contributed by atoms with E-state index < -0.39 is 5.97 Å². The SMILES string of the molecule is C=C(CCCCCCCCCCCF)C(=O)O. The Hall–Kier alpha value is -0.860. The van der Waals surface area contributed by atoms with E-state index in [2.05, 4.69) is 6.58 Å². The monoisotopic (exact) mass is 244 g/mol. The molecule has 0 fully saturated rings. The predicted octanol–water partition coefficient (Wildman–Crippen LogP) is 4.50. The lowest BCUT2D eigenvalue weighted by atomic mass is 10.0. The van der Waals surface area contributed by atoms with Crippen molar-refractivity contribution in [3.8, 4) is 0 Å². The van der Waals surface area contributed by atoms with E-state index in [0.29, 0.717) is 18.4 Å². The summed E-state index contributed by atoms with van der Waals surface area (Å²) in [5, 5.41) is 8.60. The Morgan fingerprint density at radius 1 is 0.882 bits per heavy atom. The predicted molar refractivity (Wildman–Crippen MR) is 68.9 cm³/mol. The minimum atomic E-state index is -0.877. The van der Waals surface area contributed by atoms with Gasteiger partial charge in [0.15, 0.2) is 0 Å². The van der Waals surface area contributed by atoms with Crippen LogP contribution in [0.1, 0.15) is 64.2 Å². The number of carboxylic acids is 1. The average molecular weight is 244 g/mol. The van der Waals surface area contributed by atoms with Crippen LogP contribution in [0.25, 0.3) is 0 Å². The van der Waals surface area contributed by atoms with Crippen molar-refractivity contribution in [2.75, 3.05) is 6.67 Å². The number of carboxylic acid groups (broad SMARTS) is 1. The molecule has 0 aliphatic rings. The molecule has 0 aliphatic heterocycles. The van der Waals surface area contributed by atoms with Gasteiger partial charge in [0.05, 0.1) is 6.67 Å². The van der Waals surface area contributed by atoms with E-state index >= 15 is 0 Å². The first-order valence-electron chi connectivity index (χ1n) is 6.65. The van der Waals surface area contributed by atoms with Gasteiger partial charge in [0.2, 0.25) is 0 Å². The number of carbonyl (C=O) groups is 1. The standard InChI is InChI=1S/C14H25FO2/c1-13(14(16)17)11-9-7-5-3-2-4-6-8-10-12-15/h1-12H2,(H,16,17). The molecule has 0 aromatic rings. The summed E-state index contributed by atoms with van der Waals surface area (Å²) in [4.78, 5) is 10.5. The third-order valence-electron chi connectivity index (χ3n) is 2.91. The Kier molecular flexibility index (Phi) is 11.0. The van der Waals surface area contributed by atoms with Gasteiger partial charge in [-0.25, -0.2) is 4.79 Å². The molecule has 0 amide bonds. The molecule has 1 N–H and O–H groups in total. The van der Waals surface area contributed by atoms with Gasteiger partial charge in [-0.15, -0.1) is 0 Å². The molecular formula is C14H25FO2. The van der Waals surface area contributed by atoms with Crippen molar-refractivity contribution in [1.82, 2.24) is 0 Å². The van der Waals surface area contributed by atoms with E-state index in [9.17, 15) is 9.18 Å². The Balaban J connectivity index is 3.08. The number of unbranched alkanes of at least 4 members (excludes halogenated alkanes) is 8. The van der Waals surface area contributed by atoms with E-state index in [0.717, 1.165) is 32.1 Å². The molecule has 0 aliphatic carbocycles. The van der Waals surface area contributed by atoms with Gasteiger partial charge in [-0.2, -0.15) is 0 Å². The Labute approximate surface area is 104 Å². The highest BCUT2D eigenvalue weighted by Gasteiger charge is 2.02. The van der Waals surface area contributed by atoms with Crippen molar-refractivity contribution < 1.29 is 14.3 Å².